The molecule has 4 heteroatoms. The summed E-state index contributed by atoms with van der Waals surface area (Å²) >= 11 is 0. The fourth-order valence-corrected chi connectivity index (χ4v) is 1.74. The third-order valence-electron chi connectivity index (χ3n) is 2.36. The van der Waals surface area contributed by atoms with Gasteiger partial charge in [-0.1, -0.05) is 33.1 Å². The molecule has 0 atom stereocenters. The Bertz CT molecular complexity index is 166. The summed E-state index contributed by atoms with van der Waals surface area (Å²) in [6.45, 7) is 7.95. The van der Waals surface area contributed by atoms with Gasteiger partial charge >= 0.3 is 6.03 Å². The molecule has 1 aliphatic rings. The molecule has 1 fully saturated rings. The summed E-state index contributed by atoms with van der Waals surface area (Å²) in [4.78, 5) is 11.3. The highest BCUT2D eigenvalue weighted by atomic mass is 16.2. The van der Waals surface area contributed by atoms with Crippen molar-refractivity contribution in [1.29, 1.82) is 0 Å². The quantitative estimate of drug-likeness (QED) is 0.700. The molecule has 4 nitrogen and oxygen atoms in total. The van der Waals surface area contributed by atoms with E-state index in [2.05, 4.69) is 16.4 Å². The van der Waals surface area contributed by atoms with Crippen molar-refractivity contribution in [2.45, 2.75) is 71.9 Å². The van der Waals surface area contributed by atoms with Gasteiger partial charge in [0.05, 0.1) is 0 Å². The van der Waals surface area contributed by atoms with E-state index in [0.717, 1.165) is 12.8 Å². The number of hydrogen-bond acceptors (Lipinski definition) is 2. The molecule has 0 aromatic carbocycles. The molecular weight excluding hydrogens is 214 g/mol. The van der Waals surface area contributed by atoms with Gasteiger partial charge in [-0.25, -0.2) is 4.79 Å². The Morgan fingerprint density at radius 3 is 2.00 bits per heavy atom. The molecule has 1 rings (SSSR count). The van der Waals surface area contributed by atoms with Crippen LogP contribution >= 0.6 is 0 Å². The van der Waals surface area contributed by atoms with E-state index in [9.17, 15) is 4.79 Å². The molecule has 0 radical (unpaired) electrons. The standard InChI is InChI=1S/C10H20N2O.C2H6.CH5N/c1-8(2)11-10(13)12-9-6-4-3-5-7-9;2*1-2/h8-9H,3-7H2,1-2H3,(H2,11,12,13);1-2H3;2H2,1H3. The molecule has 0 bridgehead atoms. The van der Waals surface area contributed by atoms with Gasteiger partial charge in [-0.3, -0.25) is 0 Å². The number of nitrogens with two attached hydrogens (primary N) is 1. The van der Waals surface area contributed by atoms with Crippen LogP contribution in [0.4, 0.5) is 4.79 Å². The molecule has 17 heavy (non-hydrogen) atoms. The predicted octanol–water partition coefficient (Wildman–Crippen LogP) is 2.63. The average Bonchev–Trinajstić information content (AvgIpc) is 2.34. The molecule has 0 heterocycles. The second-order valence-corrected chi connectivity index (χ2v) is 4.11. The molecule has 0 spiro atoms. The van der Waals surface area contributed by atoms with E-state index in [1.807, 2.05) is 27.7 Å². The largest absolute Gasteiger partial charge is 0.336 e. The first-order valence-corrected chi connectivity index (χ1v) is 6.83. The first-order chi connectivity index (χ1) is 8.18. The van der Waals surface area contributed by atoms with Crippen molar-refractivity contribution in [3.63, 3.8) is 0 Å². The minimum atomic E-state index is -0.0121. The first kappa shape index (κ1) is 18.6. The fraction of sp³-hybridized carbons (Fsp3) is 0.923. The highest BCUT2D eigenvalue weighted by Gasteiger charge is 2.15. The van der Waals surface area contributed by atoms with Crippen molar-refractivity contribution in [3.8, 4) is 0 Å². The maximum Gasteiger partial charge on any atom is 0.315 e. The number of rotatable bonds is 2. The number of nitrogens with one attached hydrogen (secondary N) is 2. The van der Waals surface area contributed by atoms with Gasteiger partial charge in [0.25, 0.3) is 0 Å². The zero-order valence-electron chi connectivity index (χ0n) is 12.2. The molecule has 0 unspecified atom stereocenters. The van der Waals surface area contributed by atoms with E-state index in [0.29, 0.717) is 6.04 Å². The topological polar surface area (TPSA) is 67.2 Å². The predicted molar refractivity (Wildman–Crippen MR) is 75.1 cm³/mol. The Morgan fingerprint density at radius 2 is 1.59 bits per heavy atom. The molecule has 0 aromatic heterocycles. The summed E-state index contributed by atoms with van der Waals surface area (Å²) in [7, 11) is 1.50. The number of hydrogen-bond donors (Lipinski definition) is 3. The van der Waals surface area contributed by atoms with E-state index >= 15 is 0 Å². The molecular formula is C13H31N3O. The summed E-state index contributed by atoms with van der Waals surface area (Å²) in [6, 6.07) is 0.623. The van der Waals surface area contributed by atoms with Crippen LogP contribution in [0.5, 0.6) is 0 Å². The SMILES string of the molecule is CC.CC(C)NC(=O)NC1CCCCC1.CN. The molecule has 0 saturated heterocycles. The summed E-state index contributed by atoms with van der Waals surface area (Å²) in [5, 5.41) is 5.84. The summed E-state index contributed by atoms with van der Waals surface area (Å²) in [5.74, 6) is 0. The molecule has 1 saturated carbocycles. The number of urea groups is 1. The number of carbonyl (C=O) groups is 1. The maximum absolute atomic E-state index is 11.3. The van der Waals surface area contributed by atoms with Gasteiger partial charge < -0.3 is 16.4 Å². The lowest BCUT2D eigenvalue weighted by Gasteiger charge is -2.23. The van der Waals surface area contributed by atoms with E-state index < -0.39 is 0 Å². The van der Waals surface area contributed by atoms with Crippen LogP contribution in [0.1, 0.15) is 59.8 Å². The van der Waals surface area contributed by atoms with E-state index in [1.165, 1.54) is 26.3 Å². The Kier molecular flexibility index (Phi) is 14.5. The van der Waals surface area contributed by atoms with Gasteiger partial charge in [0.1, 0.15) is 0 Å². The molecule has 2 amide bonds. The molecule has 104 valence electrons. The van der Waals surface area contributed by atoms with Gasteiger partial charge in [0, 0.05) is 12.1 Å². The van der Waals surface area contributed by atoms with E-state index in [-0.39, 0.29) is 12.1 Å². The Balaban J connectivity index is 0. The first-order valence-electron chi connectivity index (χ1n) is 6.83. The van der Waals surface area contributed by atoms with Gasteiger partial charge in [-0.05, 0) is 33.7 Å². The fourth-order valence-electron chi connectivity index (χ4n) is 1.74. The number of amides is 2. The molecule has 0 aromatic rings. The van der Waals surface area contributed by atoms with Crippen molar-refractivity contribution < 1.29 is 4.79 Å². The van der Waals surface area contributed by atoms with Crippen LogP contribution in [0.2, 0.25) is 0 Å². The minimum Gasteiger partial charge on any atom is -0.336 e. The third kappa shape index (κ3) is 11.5. The molecule has 0 aliphatic heterocycles. The van der Waals surface area contributed by atoms with Crippen LogP contribution in [0.15, 0.2) is 0 Å². The zero-order chi connectivity index (χ0) is 13.7. The third-order valence-corrected chi connectivity index (χ3v) is 2.36. The molecule has 1 aliphatic carbocycles. The Hall–Kier alpha value is -0.770. The Morgan fingerprint density at radius 1 is 1.12 bits per heavy atom. The lowest BCUT2D eigenvalue weighted by atomic mass is 9.96. The van der Waals surface area contributed by atoms with Crippen LogP contribution in [0.3, 0.4) is 0 Å². The monoisotopic (exact) mass is 245 g/mol. The summed E-state index contributed by atoms with van der Waals surface area (Å²) < 4.78 is 0. The minimum absolute atomic E-state index is 0.0121. The second kappa shape index (κ2) is 13.3. The van der Waals surface area contributed by atoms with Gasteiger partial charge in [-0.2, -0.15) is 0 Å². The van der Waals surface area contributed by atoms with Crippen molar-refractivity contribution in [1.82, 2.24) is 10.6 Å². The maximum atomic E-state index is 11.3. The van der Waals surface area contributed by atoms with Crippen LogP contribution in [-0.2, 0) is 0 Å². The van der Waals surface area contributed by atoms with Gasteiger partial charge in [-0.15, -0.1) is 0 Å². The van der Waals surface area contributed by atoms with Gasteiger partial charge in [0.2, 0.25) is 0 Å². The van der Waals surface area contributed by atoms with E-state index in [1.54, 1.807) is 0 Å². The average molecular weight is 245 g/mol. The highest BCUT2D eigenvalue weighted by molar-refractivity contribution is 5.74. The lowest BCUT2D eigenvalue weighted by Crippen LogP contribution is -2.45. The molecule has 4 N–H and O–H groups in total. The highest BCUT2D eigenvalue weighted by Crippen LogP contribution is 2.17. The second-order valence-electron chi connectivity index (χ2n) is 4.11. The van der Waals surface area contributed by atoms with Crippen molar-refractivity contribution in [2.24, 2.45) is 5.73 Å². The van der Waals surface area contributed by atoms with Crippen molar-refractivity contribution in [2.75, 3.05) is 7.05 Å². The van der Waals surface area contributed by atoms with Crippen LogP contribution in [0, 0.1) is 0 Å². The summed E-state index contributed by atoms with van der Waals surface area (Å²) in [6.07, 6.45) is 6.13. The van der Waals surface area contributed by atoms with Crippen LogP contribution in [-0.4, -0.2) is 25.2 Å². The summed E-state index contributed by atoms with van der Waals surface area (Å²) in [5.41, 5.74) is 4.50. The van der Waals surface area contributed by atoms with E-state index in [4.69, 9.17) is 0 Å². The van der Waals surface area contributed by atoms with Crippen LogP contribution < -0.4 is 16.4 Å². The zero-order valence-corrected chi connectivity index (χ0v) is 12.2. The van der Waals surface area contributed by atoms with Crippen molar-refractivity contribution >= 4 is 6.03 Å². The van der Waals surface area contributed by atoms with Gasteiger partial charge in [0.15, 0.2) is 0 Å². The smallest absolute Gasteiger partial charge is 0.315 e. The lowest BCUT2D eigenvalue weighted by molar-refractivity contribution is 0.230. The van der Waals surface area contributed by atoms with Crippen molar-refractivity contribution in [3.05, 3.63) is 0 Å². The normalized spacial score (nSPS) is 15.0. The van der Waals surface area contributed by atoms with Crippen LogP contribution in [0.25, 0.3) is 0 Å². The number of carbonyl (C=O) groups excluding carboxylic acids is 1. The Labute approximate surface area is 107 Å².